The van der Waals surface area contributed by atoms with Crippen molar-refractivity contribution < 1.29 is 0 Å². The molecule has 8 aromatic rings. The first-order chi connectivity index (χ1) is 18.8. The minimum Gasteiger partial charge on any atom is -0.135 e. The van der Waals surface area contributed by atoms with Crippen LogP contribution in [0.15, 0.2) is 109 Å². The molecule has 0 aliphatic heterocycles. The van der Waals surface area contributed by atoms with Crippen LogP contribution in [-0.4, -0.2) is 0 Å². The molecular formula is C36H18S2. The van der Waals surface area contributed by atoms with Gasteiger partial charge in [-0.2, -0.15) is 0 Å². The van der Waals surface area contributed by atoms with Gasteiger partial charge in [-0.3, -0.25) is 0 Å². The summed E-state index contributed by atoms with van der Waals surface area (Å²) in [6.07, 6.45) is 0. The number of hydrogen-bond acceptors (Lipinski definition) is 2. The molecule has 0 radical (unpaired) electrons. The van der Waals surface area contributed by atoms with Crippen LogP contribution in [0.25, 0.3) is 51.1 Å². The van der Waals surface area contributed by atoms with Crippen molar-refractivity contribution in [2.75, 3.05) is 0 Å². The molecule has 0 unspecified atom stereocenters. The van der Waals surface area contributed by atoms with E-state index in [0.29, 0.717) is 0 Å². The highest BCUT2D eigenvalue weighted by atomic mass is 32.1. The lowest BCUT2D eigenvalue weighted by Crippen LogP contribution is -2.52. The molecule has 3 aliphatic carbocycles. The molecule has 174 valence electrons. The molecule has 0 spiro atoms. The topological polar surface area (TPSA) is 0 Å². The molecule has 0 fully saturated rings. The molecule has 6 aromatic carbocycles. The largest absolute Gasteiger partial charge is 0.135 e. The fourth-order valence-electron chi connectivity index (χ4n) is 9.03. The lowest BCUT2D eigenvalue weighted by molar-refractivity contribution is 0.447. The normalized spacial score (nSPS) is 21.9. The van der Waals surface area contributed by atoms with Gasteiger partial charge in [0.1, 0.15) is 0 Å². The first-order valence-electron chi connectivity index (χ1n) is 13.3. The van der Waals surface area contributed by atoms with Gasteiger partial charge < -0.3 is 0 Å². The van der Waals surface area contributed by atoms with E-state index in [0.717, 1.165) is 0 Å². The molecule has 2 aromatic heterocycles. The maximum absolute atomic E-state index is 2.46. The van der Waals surface area contributed by atoms with Gasteiger partial charge in [-0.25, -0.2) is 0 Å². The summed E-state index contributed by atoms with van der Waals surface area (Å²) in [7, 11) is 0. The standard InChI is InChI=1S/C36H18S2/c1-7-19-8-2-10-21-30(19)20(9-1)35-22-11-3-15-26-31(22)33-24(13-5-17-28(33)37-26)36(21,35)25-14-6-18-29-34(25)32-23(35)12-4-16-27(32)38-29/h1-18H. The van der Waals surface area contributed by atoms with E-state index < -0.39 is 0 Å². The molecule has 2 heteroatoms. The summed E-state index contributed by atoms with van der Waals surface area (Å²) in [4.78, 5) is 0. The number of thiophene rings is 2. The predicted molar refractivity (Wildman–Crippen MR) is 162 cm³/mol. The van der Waals surface area contributed by atoms with Crippen molar-refractivity contribution in [1.82, 2.24) is 0 Å². The van der Waals surface area contributed by atoms with Gasteiger partial charge in [-0.05, 0) is 68.4 Å². The van der Waals surface area contributed by atoms with Gasteiger partial charge in [-0.15, -0.1) is 22.7 Å². The summed E-state index contributed by atoms with van der Waals surface area (Å²) < 4.78 is 5.60. The summed E-state index contributed by atoms with van der Waals surface area (Å²) in [5.74, 6) is 0. The van der Waals surface area contributed by atoms with Gasteiger partial charge in [0, 0.05) is 40.3 Å². The zero-order valence-electron chi connectivity index (χ0n) is 20.2. The highest BCUT2D eigenvalue weighted by Crippen LogP contribution is 2.74. The average molecular weight is 515 g/mol. The van der Waals surface area contributed by atoms with Crippen molar-refractivity contribution in [3.63, 3.8) is 0 Å². The maximum atomic E-state index is 2.46. The Kier molecular flexibility index (Phi) is 2.95. The van der Waals surface area contributed by atoms with Gasteiger partial charge in [0.05, 0.1) is 10.8 Å². The second kappa shape index (κ2) is 5.86. The smallest absolute Gasteiger partial charge is 0.0649 e. The Balaban J connectivity index is 1.59. The lowest BCUT2D eigenvalue weighted by atomic mass is 9.45. The fourth-order valence-corrected chi connectivity index (χ4v) is 11.3. The Morgan fingerprint density at radius 3 is 0.947 bits per heavy atom. The van der Waals surface area contributed by atoms with Crippen molar-refractivity contribution >= 4 is 73.8 Å². The van der Waals surface area contributed by atoms with Crippen LogP contribution in [-0.2, 0) is 10.8 Å². The van der Waals surface area contributed by atoms with E-state index in [-0.39, 0.29) is 10.8 Å². The predicted octanol–water partition coefficient (Wildman–Crippen LogP) is 9.88. The molecule has 0 N–H and O–H groups in total. The van der Waals surface area contributed by atoms with Crippen LogP contribution in [0.1, 0.15) is 33.4 Å². The second-order valence-electron chi connectivity index (χ2n) is 11.1. The molecule has 0 atom stereocenters. The molecule has 11 rings (SSSR count). The molecule has 0 saturated heterocycles. The minimum absolute atomic E-state index is 0.333. The van der Waals surface area contributed by atoms with Crippen LogP contribution in [0.4, 0.5) is 0 Å². The van der Waals surface area contributed by atoms with Crippen molar-refractivity contribution in [1.29, 1.82) is 0 Å². The number of benzene rings is 6. The van der Waals surface area contributed by atoms with Crippen LogP contribution >= 0.6 is 22.7 Å². The van der Waals surface area contributed by atoms with Crippen LogP contribution in [0, 0.1) is 0 Å². The average Bonchev–Trinajstić information content (AvgIpc) is 3.62. The highest BCUT2D eigenvalue weighted by molar-refractivity contribution is 7.26. The zero-order chi connectivity index (χ0) is 24.4. The molecule has 3 aliphatic rings. The molecule has 0 amide bonds. The Morgan fingerprint density at radius 1 is 0.316 bits per heavy atom. The van der Waals surface area contributed by atoms with Crippen LogP contribution in [0.3, 0.4) is 0 Å². The SMILES string of the molecule is c1cc2c3c(cccc3c1)C13c4cccc5sc6cccc(c6c45)C21c1cccc2sc4cccc3c4c12. The molecule has 0 bridgehead atoms. The third-order valence-electron chi connectivity index (χ3n) is 9.94. The van der Waals surface area contributed by atoms with Gasteiger partial charge in [0.2, 0.25) is 0 Å². The van der Waals surface area contributed by atoms with E-state index in [1.165, 1.54) is 84.5 Å². The van der Waals surface area contributed by atoms with Crippen molar-refractivity contribution in [2.45, 2.75) is 10.8 Å². The number of rotatable bonds is 0. The van der Waals surface area contributed by atoms with Gasteiger partial charge >= 0.3 is 0 Å². The lowest BCUT2D eigenvalue weighted by Gasteiger charge is -2.54. The summed E-state index contributed by atoms with van der Waals surface area (Å²) >= 11 is 3.91. The Bertz CT molecular complexity index is 2130. The summed E-state index contributed by atoms with van der Waals surface area (Å²) in [5, 5.41) is 8.65. The van der Waals surface area contributed by atoms with E-state index >= 15 is 0 Å². The van der Waals surface area contributed by atoms with Crippen LogP contribution in [0.5, 0.6) is 0 Å². The first kappa shape index (κ1) is 19.1. The zero-order valence-corrected chi connectivity index (χ0v) is 21.8. The second-order valence-corrected chi connectivity index (χ2v) is 13.3. The van der Waals surface area contributed by atoms with Gasteiger partial charge in [0.15, 0.2) is 0 Å². The molecule has 2 heterocycles. The van der Waals surface area contributed by atoms with Crippen LogP contribution in [0.2, 0.25) is 0 Å². The summed E-state index contributed by atoms with van der Waals surface area (Å²) in [5.41, 5.74) is 8.17. The van der Waals surface area contributed by atoms with E-state index in [1.54, 1.807) is 0 Å². The van der Waals surface area contributed by atoms with Crippen LogP contribution < -0.4 is 0 Å². The summed E-state index contributed by atoms with van der Waals surface area (Å²) in [6.45, 7) is 0. The highest BCUT2D eigenvalue weighted by Gasteiger charge is 2.67. The monoisotopic (exact) mass is 514 g/mol. The van der Waals surface area contributed by atoms with E-state index in [4.69, 9.17) is 0 Å². The van der Waals surface area contributed by atoms with Crippen molar-refractivity contribution in [3.05, 3.63) is 143 Å². The maximum Gasteiger partial charge on any atom is 0.0649 e. The first-order valence-corrected chi connectivity index (χ1v) is 14.9. The van der Waals surface area contributed by atoms with Crippen molar-refractivity contribution in [2.24, 2.45) is 0 Å². The molecule has 38 heavy (non-hydrogen) atoms. The fraction of sp³-hybridized carbons (Fsp3) is 0.0556. The van der Waals surface area contributed by atoms with E-state index in [2.05, 4.69) is 109 Å². The summed E-state index contributed by atoms with van der Waals surface area (Å²) in [6, 6.07) is 42.5. The Labute approximate surface area is 226 Å². The Morgan fingerprint density at radius 2 is 0.605 bits per heavy atom. The molecule has 0 nitrogen and oxygen atoms in total. The van der Waals surface area contributed by atoms with E-state index in [1.807, 2.05) is 22.7 Å². The minimum atomic E-state index is -0.333. The third-order valence-corrected chi connectivity index (χ3v) is 12.2. The van der Waals surface area contributed by atoms with Gasteiger partial charge in [0.25, 0.3) is 0 Å². The molecule has 0 saturated carbocycles. The Hall–Kier alpha value is -3.98. The van der Waals surface area contributed by atoms with Gasteiger partial charge in [-0.1, -0.05) is 84.9 Å². The number of hydrogen-bond donors (Lipinski definition) is 0. The third kappa shape index (κ3) is 1.64. The molecular weight excluding hydrogens is 497 g/mol. The van der Waals surface area contributed by atoms with Crippen molar-refractivity contribution in [3.8, 4) is 0 Å². The van der Waals surface area contributed by atoms with E-state index in [9.17, 15) is 0 Å². The quantitative estimate of drug-likeness (QED) is 0.189.